The first-order chi connectivity index (χ1) is 9.74. The van der Waals surface area contributed by atoms with Crippen LogP contribution in [-0.4, -0.2) is 5.96 Å². The minimum Gasteiger partial charge on any atom is -0.370 e. The third kappa shape index (κ3) is 2.50. The van der Waals surface area contributed by atoms with Gasteiger partial charge in [-0.05, 0) is 18.1 Å². The molecule has 3 rings (SSSR count). The molecular weight excluding hydrogens is 253 g/mol. The number of nitrogens with one attached hydrogen (secondary N) is 1. The molecule has 0 radical (unpaired) electrons. The Morgan fingerprint density at radius 1 is 1.05 bits per heavy atom. The van der Waals surface area contributed by atoms with Crippen molar-refractivity contribution in [3.63, 3.8) is 0 Å². The summed E-state index contributed by atoms with van der Waals surface area (Å²) >= 11 is 0. The molecule has 102 valence electrons. The van der Waals surface area contributed by atoms with Crippen molar-refractivity contribution in [3.8, 4) is 0 Å². The van der Waals surface area contributed by atoms with Crippen molar-refractivity contribution in [2.45, 2.75) is 18.5 Å². The average Bonchev–Trinajstić information content (AvgIpc) is 2.48. The van der Waals surface area contributed by atoms with Gasteiger partial charge in [0.15, 0.2) is 5.96 Å². The first-order valence-corrected chi connectivity index (χ1v) is 6.63. The number of rotatable bonds is 2. The van der Waals surface area contributed by atoms with Gasteiger partial charge in [0.25, 0.3) is 0 Å². The van der Waals surface area contributed by atoms with Crippen molar-refractivity contribution in [2.24, 2.45) is 10.7 Å². The molecule has 0 amide bonds. The molecule has 0 saturated heterocycles. The molecule has 1 heterocycles. The summed E-state index contributed by atoms with van der Waals surface area (Å²) in [5.74, 6) is 0.143. The monoisotopic (exact) mass is 269 g/mol. The Kier molecular flexibility index (Phi) is 3.37. The highest BCUT2D eigenvalue weighted by Crippen LogP contribution is 2.32. The smallest absolute Gasteiger partial charge is 0.189 e. The van der Waals surface area contributed by atoms with Gasteiger partial charge in [0.1, 0.15) is 5.82 Å². The molecule has 0 aliphatic carbocycles. The third-order valence-electron chi connectivity index (χ3n) is 3.54. The zero-order chi connectivity index (χ0) is 13.9. The first-order valence-electron chi connectivity index (χ1n) is 6.63. The lowest BCUT2D eigenvalue weighted by atomic mass is 9.93. The molecule has 2 aromatic carbocycles. The number of benzene rings is 2. The van der Waals surface area contributed by atoms with Gasteiger partial charge in [0, 0.05) is 5.56 Å². The molecule has 2 aromatic rings. The number of nitrogens with zero attached hydrogens (tertiary/aromatic N) is 1. The zero-order valence-electron chi connectivity index (χ0n) is 11.0. The van der Waals surface area contributed by atoms with Gasteiger partial charge in [-0.2, -0.15) is 0 Å². The standard InChI is InChI=1S/C16H16FN3/c17-13-9-5-4-8-12(13)15-10-14(19-16(18)20-15)11-6-2-1-3-7-11/h1-9,14-15H,10H2,(H3,18,19,20). The van der Waals surface area contributed by atoms with E-state index in [9.17, 15) is 4.39 Å². The fourth-order valence-electron chi connectivity index (χ4n) is 2.57. The Bertz CT molecular complexity index is 625. The minimum atomic E-state index is -0.216. The van der Waals surface area contributed by atoms with Crippen molar-refractivity contribution in [2.75, 3.05) is 0 Å². The van der Waals surface area contributed by atoms with E-state index in [2.05, 4.69) is 10.3 Å². The molecule has 2 unspecified atom stereocenters. The number of guanidine groups is 1. The topological polar surface area (TPSA) is 50.4 Å². The molecule has 2 atom stereocenters. The van der Waals surface area contributed by atoms with E-state index in [0.717, 1.165) is 5.56 Å². The van der Waals surface area contributed by atoms with Crippen LogP contribution in [0.2, 0.25) is 0 Å². The van der Waals surface area contributed by atoms with E-state index in [1.807, 2.05) is 36.4 Å². The van der Waals surface area contributed by atoms with E-state index in [4.69, 9.17) is 5.73 Å². The quantitative estimate of drug-likeness (QED) is 0.880. The van der Waals surface area contributed by atoms with Crippen molar-refractivity contribution in [3.05, 3.63) is 71.5 Å². The van der Waals surface area contributed by atoms with Gasteiger partial charge in [-0.3, -0.25) is 0 Å². The first kappa shape index (κ1) is 12.7. The van der Waals surface area contributed by atoms with E-state index in [-0.39, 0.29) is 17.9 Å². The summed E-state index contributed by atoms with van der Waals surface area (Å²) < 4.78 is 13.9. The van der Waals surface area contributed by atoms with Crippen molar-refractivity contribution >= 4 is 5.96 Å². The summed E-state index contributed by atoms with van der Waals surface area (Å²) in [6, 6.07) is 16.5. The van der Waals surface area contributed by atoms with Crippen molar-refractivity contribution in [1.82, 2.24) is 5.32 Å². The van der Waals surface area contributed by atoms with Gasteiger partial charge in [0.2, 0.25) is 0 Å². The second kappa shape index (κ2) is 5.33. The Labute approximate surface area is 117 Å². The zero-order valence-corrected chi connectivity index (χ0v) is 11.0. The van der Waals surface area contributed by atoms with Crippen LogP contribution < -0.4 is 11.1 Å². The van der Waals surface area contributed by atoms with E-state index >= 15 is 0 Å². The Morgan fingerprint density at radius 2 is 1.75 bits per heavy atom. The van der Waals surface area contributed by atoms with Gasteiger partial charge in [-0.1, -0.05) is 48.5 Å². The number of hydrogen-bond acceptors (Lipinski definition) is 3. The molecule has 1 aliphatic heterocycles. The van der Waals surface area contributed by atoms with Crippen LogP contribution in [0.4, 0.5) is 4.39 Å². The molecule has 0 bridgehead atoms. The maximum absolute atomic E-state index is 13.9. The van der Waals surface area contributed by atoms with Crippen molar-refractivity contribution < 1.29 is 4.39 Å². The van der Waals surface area contributed by atoms with Crippen LogP contribution in [0.15, 0.2) is 59.6 Å². The van der Waals surface area contributed by atoms with Crippen LogP contribution >= 0.6 is 0 Å². The number of aliphatic imine (C=N–C) groups is 1. The molecule has 0 saturated carbocycles. The van der Waals surface area contributed by atoms with E-state index in [0.29, 0.717) is 17.9 Å². The summed E-state index contributed by atoms with van der Waals surface area (Å²) in [5, 5.41) is 3.06. The Hall–Kier alpha value is -2.36. The SMILES string of the molecule is NC1=NC(c2ccccc2)CC(c2ccccc2F)N1. The Balaban J connectivity index is 1.90. The maximum Gasteiger partial charge on any atom is 0.189 e. The predicted molar refractivity (Wildman–Crippen MR) is 77.7 cm³/mol. The fraction of sp³-hybridized carbons (Fsp3) is 0.188. The Morgan fingerprint density at radius 3 is 2.50 bits per heavy atom. The summed E-state index contributed by atoms with van der Waals surface area (Å²) in [7, 11) is 0. The van der Waals surface area contributed by atoms with E-state index in [1.165, 1.54) is 6.07 Å². The highest BCUT2D eigenvalue weighted by molar-refractivity contribution is 5.79. The predicted octanol–water partition coefficient (Wildman–Crippen LogP) is 2.92. The molecule has 0 spiro atoms. The second-order valence-corrected chi connectivity index (χ2v) is 4.89. The van der Waals surface area contributed by atoms with Gasteiger partial charge in [-0.15, -0.1) is 0 Å². The summed E-state index contributed by atoms with van der Waals surface area (Å²) in [5.41, 5.74) is 7.58. The molecule has 0 fully saturated rings. The average molecular weight is 269 g/mol. The van der Waals surface area contributed by atoms with E-state index in [1.54, 1.807) is 12.1 Å². The van der Waals surface area contributed by atoms with Crippen molar-refractivity contribution in [1.29, 1.82) is 0 Å². The van der Waals surface area contributed by atoms with Crippen LogP contribution in [0, 0.1) is 5.82 Å². The number of nitrogens with two attached hydrogens (primary N) is 1. The molecule has 3 N–H and O–H groups in total. The summed E-state index contributed by atoms with van der Waals surface area (Å²) in [6.45, 7) is 0. The van der Waals surface area contributed by atoms with Crippen LogP contribution in [0.5, 0.6) is 0 Å². The summed E-state index contributed by atoms with van der Waals surface area (Å²) in [6.07, 6.45) is 0.686. The number of halogens is 1. The molecule has 20 heavy (non-hydrogen) atoms. The van der Waals surface area contributed by atoms with Crippen LogP contribution in [-0.2, 0) is 0 Å². The van der Waals surface area contributed by atoms with Gasteiger partial charge in [-0.25, -0.2) is 9.38 Å². The maximum atomic E-state index is 13.9. The van der Waals surface area contributed by atoms with Crippen LogP contribution in [0.25, 0.3) is 0 Å². The van der Waals surface area contributed by atoms with Gasteiger partial charge >= 0.3 is 0 Å². The molecule has 1 aliphatic rings. The second-order valence-electron chi connectivity index (χ2n) is 4.89. The van der Waals surface area contributed by atoms with Gasteiger partial charge < -0.3 is 11.1 Å². The minimum absolute atomic E-state index is 0.0398. The lowest BCUT2D eigenvalue weighted by molar-refractivity contribution is 0.466. The highest BCUT2D eigenvalue weighted by atomic mass is 19.1. The molecule has 0 aromatic heterocycles. The van der Waals surface area contributed by atoms with Gasteiger partial charge in [0.05, 0.1) is 12.1 Å². The molecule has 3 nitrogen and oxygen atoms in total. The lowest BCUT2D eigenvalue weighted by Gasteiger charge is -2.29. The highest BCUT2D eigenvalue weighted by Gasteiger charge is 2.25. The fourth-order valence-corrected chi connectivity index (χ4v) is 2.57. The van der Waals surface area contributed by atoms with Crippen LogP contribution in [0.1, 0.15) is 29.6 Å². The molecular formula is C16H16FN3. The van der Waals surface area contributed by atoms with Crippen LogP contribution in [0.3, 0.4) is 0 Å². The molecule has 4 heteroatoms. The number of hydrogen-bond donors (Lipinski definition) is 2. The largest absolute Gasteiger partial charge is 0.370 e. The normalized spacial score (nSPS) is 21.9. The summed E-state index contributed by atoms with van der Waals surface area (Å²) in [4.78, 5) is 4.42. The van der Waals surface area contributed by atoms with E-state index < -0.39 is 0 Å². The third-order valence-corrected chi connectivity index (χ3v) is 3.54. The lowest BCUT2D eigenvalue weighted by Crippen LogP contribution is -2.39.